The number of carbonyl (C=O) groups is 1. The van der Waals surface area contributed by atoms with Crippen LogP contribution in [0, 0.1) is 10.1 Å². The SMILES string of the molecule is CCOc1ccc(NC(=O)Cn2cnc3sc4c(c3c2=O)CCCCC4)c([N+](=O)[O-])c1. The summed E-state index contributed by atoms with van der Waals surface area (Å²) in [5, 5.41) is 14.5. The van der Waals surface area contributed by atoms with E-state index in [0.717, 1.165) is 37.7 Å². The fourth-order valence-corrected chi connectivity index (χ4v) is 5.06. The lowest BCUT2D eigenvalue weighted by molar-refractivity contribution is -0.384. The Morgan fingerprint density at radius 1 is 1.32 bits per heavy atom. The van der Waals surface area contributed by atoms with Crippen molar-refractivity contribution < 1.29 is 14.5 Å². The second-order valence-electron chi connectivity index (χ2n) is 7.34. The summed E-state index contributed by atoms with van der Waals surface area (Å²) in [6.45, 7) is 1.86. The van der Waals surface area contributed by atoms with E-state index in [2.05, 4.69) is 10.3 Å². The smallest absolute Gasteiger partial charge is 0.296 e. The summed E-state index contributed by atoms with van der Waals surface area (Å²) in [5.41, 5.74) is 0.584. The number of rotatable bonds is 6. The zero-order valence-corrected chi connectivity index (χ0v) is 17.9. The molecule has 0 fully saturated rings. The molecule has 0 spiro atoms. The first kappa shape index (κ1) is 21.0. The van der Waals surface area contributed by atoms with E-state index in [9.17, 15) is 19.7 Å². The average Bonchev–Trinajstić information content (AvgIpc) is 2.93. The fourth-order valence-electron chi connectivity index (χ4n) is 3.84. The Morgan fingerprint density at radius 3 is 2.90 bits per heavy atom. The molecule has 162 valence electrons. The van der Waals surface area contributed by atoms with Crippen molar-refractivity contribution in [1.29, 1.82) is 0 Å². The molecule has 2 heterocycles. The molecule has 1 aromatic carbocycles. The van der Waals surface area contributed by atoms with Gasteiger partial charge in [0.1, 0.15) is 22.8 Å². The van der Waals surface area contributed by atoms with Gasteiger partial charge in [0.15, 0.2) is 0 Å². The van der Waals surface area contributed by atoms with Crippen LogP contribution in [0.25, 0.3) is 10.2 Å². The number of aryl methyl sites for hydroxylation is 2. The number of nitro groups is 1. The number of thiophene rings is 1. The number of benzene rings is 1. The Labute approximate surface area is 181 Å². The lowest BCUT2D eigenvalue weighted by Gasteiger charge is -2.09. The molecule has 0 radical (unpaired) electrons. The summed E-state index contributed by atoms with van der Waals surface area (Å²) < 4.78 is 6.55. The summed E-state index contributed by atoms with van der Waals surface area (Å²) >= 11 is 1.56. The number of aromatic nitrogens is 2. The quantitative estimate of drug-likeness (QED) is 0.354. The summed E-state index contributed by atoms with van der Waals surface area (Å²) in [7, 11) is 0. The number of hydrogen-bond donors (Lipinski definition) is 1. The van der Waals surface area contributed by atoms with Gasteiger partial charge in [0.25, 0.3) is 11.2 Å². The highest BCUT2D eigenvalue weighted by molar-refractivity contribution is 7.18. The third-order valence-corrected chi connectivity index (χ3v) is 6.46. The van der Waals surface area contributed by atoms with Crippen molar-refractivity contribution in [2.75, 3.05) is 11.9 Å². The van der Waals surface area contributed by atoms with Crippen LogP contribution >= 0.6 is 11.3 Å². The normalized spacial score (nSPS) is 13.5. The zero-order valence-electron chi connectivity index (χ0n) is 17.1. The van der Waals surface area contributed by atoms with E-state index in [1.807, 2.05) is 0 Å². The summed E-state index contributed by atoms with van der Waals surface area (Å²) in [4.78, 5) is 42.8. The molecule has 1 N–H and O–H groups in total. The van der Waals surface area contributed by atoms with Gasteiger partial charge in [-0.05, 0) is 50.3 Å². The molecule has 1 aliphatic rings. The highest BCUT2D eigenvalue weighted by Crippen LogP contribution is 2.33. The largest absolute Gasteiger partial charge is 0.494 e. The van der Waals surface area contributed by atoms with Crippen molar-refractivity contribution >= 4 is 38.8 Å². The van der Waals surface area contributed by atoms with E-state index >= 15 is 0 Å². The molecule has 9 nitrogen and oxygen atoms in total. The van der Waals surface area contributed by atoms with Gasteiger partial charge in [0.2, 0.25) is 5.91 Å². The maximum absolute atomic E-state index is 13.1. The van der Waals surface area contributed by atoms with Crippen LogP contribution in [0.2, 0.25) is 0 Å². The minimum Gasteiger partial charge on any atom is -0.494 e. The first-order chi connectivity index (χ1) is 15.0. The minimum absolute atomic E-state index is 0.0462. The van der Waals surface area contributed by atoms with Crippen LogP contribution in [0.3, 0.4) is 0 Å². The molecule has 2 aromatic heterocycles. The first-order valence-corrected chi connectivity index (χ1v) is 11.0. The Hall–Kier alpha value is -3.27. The second kappa shape index (κ2) is 8.84. The molecule has 31 heavy (non-hydrogen) atoms. The van der Waals surface area contributed by atoms with E-state index < -0.39 is 10.8 Å². The Morgan fingerprint density at radius 2 is 2.13 bits per heavy atom. The van der Waals surface area contributed by atoms with Gasteiger partial charge in [0.05, 0.1) is 29.3 Å². The van der Waals surface area contributed by atoms with Crippen molar-refractivity contribution in [3.05, 3.63) is 55.4 Å². The minimum atomic E-state index is -0.585. The summed E-state index contributed by atoms with van der Waals surface area (Å²) in [6.07, 6.45) is 6.46. The third kappa shape index (κ3) is 4.29. The number of ether oxygens (including phenoxy) is 1. The predicted molar refractivity (Wildman–Crippen MR) is 118 cm³/mol. The number of carbonyl (C=O) groups excluding carboxylic acids is 1. The van der Waals surface area contributed by atoms with Crippen molar-refractivity contribution in [3.63, 3.8) is 0 Å². The molecule has 0 saturated heterocycles. The van der Waals surface area contributed by atoms with Crippen molar-refractivity contribution in [1.82, 2.24) is 9.55 Å². The van der Waals surface area contributed by atoms with Crippen LogP contribution in [-0.2, 0) is 24.2 Å². The molecular formula is C21H22N4O5S. The van der Waals surface area contributed by atoms with Gasteiger partial charge in [-0.25, -0.2) is 4.98 Å². The maximum atomic E-state index is 13.1. The van der Waals surface area contributed by atoms with E-state index in [-0.39, 0.29) is 23.5 Å². The lowest BCUT2D eigenvalue weighted by Crippen LogP contribution is -2.28. The lowest BCUT2D eigenvalue weighted by atomic mass is 10.1. The second-order valence-corrected chi connectivity index (χ2v) is 8.42. The first-order valence-electron chi connectivity index (χ1n) is 10.2. The predicted octanol–water partition coefficient (Wildman–Crippen LogP) is 3.67. The average molecular weight is 442 g/mol. The van der Waals surface area contributed by atoms with Gasteiger partial charge in [-0.1, -0.05) is 6.42 Å². The van der Waals surface area contributed by atoms with Gasteiger partial charge in [0, 0.05) is 4.88 Å². The molecule has 0 aliphatic heterocycles. The number of nitro benzene ring substituents is 1. The van der Waals surface area contributed by atoms with Crippen molar-refractivity contribution in [2.24, 2.45) is 0 Å². The fraction of sp³-hybridized carbons (Fsp3) is 0.381. The van der Waals surface area contributed by atoms with E-state index in [4.69, 9.17) is 4.74 Å². The molecule has 0 bridgehead atoms. The Bertz CT molecular complexity index is 1220. The van der Waals surface area contributed by atoms with E-state index in [0.29, 0.717) is 22.6 Å². The molecule has 1 amide bonds. The molecule has 4 rings (SSSR count). The van der Waals surface area contributed by atoms with Gasteiger partial charge in [-0.2, -0.15) is 0 Å². The zero-order chi connectivity index (χ0) is 22.0. The van der Waals surface area contributed by atoms with Gasteiger partial charge >= 0.3 is 0 Å². The molecular weight excluding hydrogens is 420 g/mol. The number of fused-ring (bicyclic) bond motifs is 3. The molecule has 1 aliphatic carbocycles. The number of anilines is 1. The van der Waals surface area contributed by atoms with E-state index in [1.165, 1.54) is 27.9 Å². The van der Waals surface area contributed by atoms with Crippen LogP contribution in [0.1, 0.15) is 36.6 Å². The number of nitrogens with zero attached hydrogens (tertiary/aromatic N) is 3. The Kier molecular flexibility index (Phi) is 5.99. The molecule has 0 unspecified atom stereocenters. The van der Waals surface area contributed by atoms with E-state index in [1.54, 1.807) is 24.3 Å². The van der Waals surface area contributed by atoms with Crippen LogP contribution in [0.4, 0.5) is 11.4 Å². The topological polar surface area (TPSA) is 116 Å². The maximum Gasteiger partial charge on any atom is 0.296 e. The number of nitrogens with one attached hydrogen (secondary N) is 1. The van der Waals surface area contributed by atoms with Gasteiger partial charge in [-0.15, -0.1) is 11.3 Å². The molecule has 10 heteroatoms. The van der Waals surface area contributed by atoms with Crippen molar-refractivity contribution in [2.45, 2.75) is 45.6 Å². The highest BCUT2D eigenvalue weighted by atomic mass is 32.1. The Balaban J connectivity index is 1.59. The molecule has 0 atom stereocenters. The molecule has 3 aromatic rings. The third-order valence-electron chi connectivity index (χ3n) is 5.26. The van der Waals surface area contributed by atoms with Gasteiger partial charge in [-0.3, -0.25) is 24.3 Å². The summed E-state index contributed by atoms with van der Waals surface area (Å²) in [5.74, 6) is -0.201. The van der Waals surface area contributed by atoms with Crippen LogP contribution in [-0.4, -0.2) is 27.0 Å². The van der Waals surface area contributed by atoms with Crippen LogP contribution in [0.5, 0.6) is 5.75 Å². The highest BCUT2D eigenvalue weighted by Gasteiger charge is 2.21. The molecule has 0 saturated carbocycles. The van der Waals surface area contributed by atoms with Crippen molar-refractivity contribution in [3.8, 4) is 5.75 Å². The monoisotopic (exact) mass is 442 g/mol. The summed E-state index contributed by atoms with van der Waals surface area (Å²) in [6, 6.07) is 4.23. The van der Waals surface area contributed by atoms with Gasteiger partial charge < -0.3 is 10.1 Å². The van der Waals surface area contributed by atoms with Crippen LogP contribution < -0.4 is 15.6 Å². The van der Waals surface area contributed by atoms with Crippen LogP contribution in [0.15, 0.2) is 29.3 Å². The number of amides is 1. The number of hydrogen-bond acceptors (Lipinski definition) is 7. The standard InChI is InChI=1S/C21H22N4O5S/c1-2-30-13-8-9-15(16(10-13)25(28)29)23-18(26)11-24-12-22-20-19(21(24)27)14-6-4-3-5-7-17(14)31-20/h8-10,12H,2-7,11H2,1H3,(H,23,26).